The van der Waals surface area contributed by atoms with Crippen LogP contribution in [-0.4, -0.2) is 36.8 Å². The quantitative estimate of drug-likeness (QED) is 0.711. The first-order chi connectivity index (χ1) is 14.0. The molecule has 2 amide bonds. The number of carbonyl (C=O) groups is 2. The number of nitrogens with zero attached hydrogens (tertiary/aromatic N) is 1. The minimum Gasteiger partial charge on any atom is -0.491 e. The first kappa shape index (κ1) is 21.2. The van der Waals surface area contributed by atoms with E-state index in [4.69, 9.17) is 4.74 Å². The van der Waals surface area contributed by atoms with Crippen molar-refractivity contribution in [2.75, 3.05) is 23.7 Å². The third-order valence-electron chi connectivity index (χ3n) is 4.63. The second-order valence-corrected chi connectivity index (χ2v) is 8.41. The summed E-state index contributed by atoms with van der Waals surface area (Å²) in [5, 5.41) is 2.91. The Morgan fingerprint density at radius 1 is 1.10 bits per heavy atom. The third-order valence-corrected chi connectivity index (χ3v) is 5.67. The Labute approximate surface area is 176 Å². The van der Waals surface area contributed by atoms with Crippen molar-refractivity contribution in [1.82, 2.24) is 5.32 Å². The summed E-state index contributed by atoms with van der Waals surface area (Å²) < 4.78 is 5.63. The average molecular weight is 413 g/mol. The zero-order chi connectivity index (χ0) is 20.6. The highest BCUT2D eigenvalue weighted by Gasteiger charge is 2.22. The van der Waals surface area contributed by atoms with Crippen molar-refractivity contribution in [2.24, 2.45) is 0 Å². The summed E-state index contributed by atoms with van der Waals surface area (Å²) in [6.07, 6.45) is 1.34. The van der Waals surface area contributed by atoms with Gasteiger partial charge in [0, 0.05) is 36.6 Å². The predicted molar refractivity (Wildman–Crippen MR) is 118 cm³/mol. The Kier molecular flexibility index (Phi) is 7.58. The van der Waals surface area contributed by atoms with Crippen molar-refractivity contribution in [3.8, 4) is 5.75 Å². The molecule has 0 saturated heterocycles. The number of amides is 2. The topological polar surface area (TPSA) is 58.6 Å². The molecular formula is C23H28N2O3S. The van der Waals surface area contributed by atoms with E-state index in [0.717, 1.165) is 34.1 Å². The molecule has 0 atom stereocenters. The molecule has 0 radical (unpaired) electrons. The summed E-state index contributed by atoms with van der Waals surface area (Å²) in [6, 6.07) is 15.9. The van der Waals surface area contributed by atoms with Crippen LogP contribution in [0.25, 0.3) is 0 Å². The molecule has 1 heterocycles. The van der Waals surface area contributed by atoms with Gasteiger partial charge >= 0.3 is 0 Å². The minimum atomic E-state index is -0.0854. The van der Waals surface area contributed by atoms with Crippen LogP contribution in [0, 0.1) is 0 Å². The lowest BCUT2D eigenvalue weighted by atomic mass is 10.1. The Morgan fingerprint density at radius 3 is 2.62 bits per heavy atom. The number of benzene rings is 2. The summed E-state index contributed by atoms with van der Waals surface area (Å²) in [7, 11) is 0. The predicted octanol–water partition coefficient (Wildman–Crippen LogP) is 4.05. The molecule has 29 heavy (non-hydrogen) atoms. The van der Waals surface area contributed by atoms with Crippen LogP contribution in [0.4, 0.5) is 5.69 Å². The molecule has 6 heteroatoms. The van der Waals surface area contributed by atoms with Crippen molar-refractivity contribution in [1.29, 1.82) is 0 Å². The van der Waals surface area contributed by atoms with Crippen LogP contribution in [0.15, 0.2) is 53.4 Å². The van der Waals surface area contributed by atoms with Gasteiger partial charge in [-0.2, -0.15) is 0 Å². The summed E-state index contributed by atoms with van der Waals surface area (Å²) in [6.45, 7) is 5.24. The number of hydrogen-bond donors (Lipinski definition) is 1. The van der Waals surface area contributed by atoms with E-state index in [9.17, 15) is 9.59 Å². The average Bonchev–Trinajstić information content (AvgIpc) is 2.72. The number of anilines is 1. The van der Waals surface area contributed by atoms with Gasteiger partial charge in [0.2, 0.25) is 11.8 Å². The highest BCUT2D eigenvalue weighted by molar-refractivity contribution is 7.99. The normalized spacial score (nSPS) is 13.1. The molecule has 1 N–H and O–H groups in total. The van der Waals surface area contributed by atoms with Crippen LogP contribution >= 0.6 is 11.8 Å². The Bertz CT molecular complexity index is 836. The van der Waals surface area contributed by atoms with Gasteiger partial charge in [0.1, 0.15) is 5.75 Å². The number of ether oxygens (including phenoxy) is 1. The summed E-state index contributed by atoms with van der Waals surface area (Å²) in [5.74, 6) is 1.66. The zero-order valence-corrected chi connectivity index (χ0v) is 17.8. The maximum Gasteiger partial charge on any atom is 0.227 e. The fourth-order valence-corrected chi connectivity index (χ4v) is 4.22. The van der Waals surface area contributed by atoms with Crippen LogP contribution in [-0.2, 0) is 16.0 Å². The van der Waals surface area contributed by atoms with Crippen LogP contribution in [0.2, 0.25) is 0 Å². The van der Waals surface area contributed by atoms with Crippen LogP contribution in [0.5, 0.6) is 5.75 Å². The van der Waals surface area contributed by atoms with E-state index >= 15 is 0 Å². The lowest BCUT2D eigenvalue weighted by Gasteiger charge is -2.29. The van der Waals surface area contributed by atoms with E-state index < -0.39 is 0 Å². The summed E-state index contributed by atoms with van der Waals surface area (Å²) in [5.41, 5.74) is 2.10. The lowest BCUT2D eigenvalue weighted by Crippen LogP contribution is -2.36. The molecule has 2 aromatic rings. The van der Waals surface area contributed by atoms with Gasteiger partial charge in [0.15, 0.2) is 0 Å². The standard InChI is InChI=1S/C23H28N2O3S/c1-17(2)28-19-9-7-18(8-10-19)13-14-24-22(26)11-12-23(27)25-15-16-29-21-6-4-3-5-20(21)25/h3-10,17H,11-16H2,1-2H3,(H,24,26). The van der Waals surface area contributed by atoms with Gasteiger partial charge in [0.25, 0.3) is 0 Å². The number of para-hydroxylation sites is 1. The van der Waals surface area contributed by atoms with E-state index in [0.29, 0.717) is 13.1 Å². The molecule has 0 bridgehead atoms. The molecule has 2 aromatic carbocycles. The second-order valence-electron chi connectivity index (χ2n) is 7.27. The molecule has 154 valence electrons. The molecule has 0 fully saturated rings. The molecule has 0 aromatic heterocycles. The van der Waals surface area contributed by atoms with Gasteiger partial charge in [-0.15, -0.1) is 11.8 Å². The molecule has 0 aliphatic carbocycles. The van der Waals surface area contributed by atoms with Gasteiger partial charge in [-0.25, -0.2) is 0 Å². The van der Waals surface area contributed by atoms with Crippen molar-refractivity contribution in [3.63, 3.8) is 0 Å². The van der Waals surface area contributed by atoms with Crippen molar-refractivity contribution >= 4 is 29.3 Å². The molecule has 0 saturated carbocycles. The van der Waals surface area contributed by atoms with Gasteiger partial charge in [-0.05, 0) is 50.1 Å². The van der Waals surface area contributed by atoms with Crippen LogP contribution in [0.1, 0.15) is 32.3 Å². The number of nitrogens with one attached hydrogen (secondary N) is 1. The molecule has 5 nitrogen and oxygen atoms in total. The summed E-state index contributed by atoms with van der Waals surface area (Å²) >= 11 is 1.77. The monoisotopic (exact) mass is 412 g/mol. The fourth-order valence-electron chi connectivity index (χ4n) is 3.23. The highest BCUT2D eigenvalue weighted by atomic mass is 32.2. The summed E-state index contributed by atoms with van der Waals surface area (Å²) in [4.78, 5) is 27.7. The fraction of sp³-hybridized carbons (Fsp3) is 0.391. The zero-order valence-electron chi connectivity index (χ0n) is 17.0. The lowest BCUT2D eigenvalue weighted by molar-refractivity contribution is -0.125. The van der Waals surface area contributed by atoms with E-state index in [2.05, 4.69) is 5.32 Å². The molecule has 1 aliphatic heterocycles. The smallest absolute Gasteiger partial charge is 0.227 e. The number of rotatable bonds is 8. The van der Waals surface area contributed by atoms with Gasteiger partial charge < -0.3 is 15.0 Å². The molecule has 0 spiro atoms. The maximum absolute atomic E-state index is 12.6. The first-order valence-electron chi connectivity index (χ1n) is 10.1. The van der Waals surface area contributed by atoms with E-state index in [1.165, 1.54) is 0 Å². The van der Waals surface area contributed by atoms with Crippen LogP contribution < -0.4 is 15.0 Å². The highest BCUT2D eigenvalue weighted by Crippen LogP contribution is 2.34. The first-order valence-corrected chi connectivity index (χ1v) is 11.1. The van der Waals surface area contributed by atoms with E-state index in [1.54, 1.807) is 16.7 Å². The van der Waals surface area contributed by atoms with Gasteiger partial charge in [-0.1, -0.05) is 24.3 Å². The molecular weight excluding hydrogens is 384 g/mol. The maximum atomic E-state index is 12.6. The number of thioether (sulfide) groups is 1. The Balaban J connectivity index is 1.40. The van der Waals surface area contributed by atoms with Crippen LogP contribution in [0.3, 0.4) is 0 Å². The van der Waals surface area contributed by atoms with Gasteiger partial charge in [-0.3, -0.25) is 9.59 Å². The molecule has 0 unspecified atom stereocenters. The van der Waals surface area contributed by atoms with Crippen molar-refractivity contribution in [2.45, 2.75) is 44.1 Å². The SMILES string of the molecule is CC(C)Oc1ccc(CCNC(=O)CCC(=O)N2CCSc3ccccc32)cc1. The molecule has 1 aliphatic rings. The number of hydrogen-bond acceptors (Lipinski definition) is 4. The number of fused-ring (bicyclic) bond motifs is 1. The second kappa shape index (κ2) is 10.3. The van der Waals surface area contributed by atoms with E-state index in [-0.39, 0.29) is 30.8 Å². The van der Waals surface area contributed by atoms with Gasteiger partial charge in [0.05, 0.1) is 11.8 Å². The third kappa shape index (κ3) is 6.26. The van der Waals surface area contributed by atoms with E-state index in [1.807, 2.05) is 62.4 Å². The largest absolute Gasteiger partial charge is 0.491 e. The van der Waals surface area contributed by atoms with Crippen molar-refractivity contribution < 1.29 is 14.3 Å². The Morgan fingerprint density at radius 2 is 1.86 bits per heavy atom. The Hall–Kier alpha value is -2.47. The minimum absolute atomic E-state index is 0.00800. The van der Waals surface area contributed by atoms with Crippen molar-refractivity contribution in [3.05, 3.63) is 54.1 Å². The number of carbonyl (C=O) groups excluding carboxylic acids is 2. The molecule has 3 rings (SSSR count).